The number of carboxylic acids is 1. The molecule has 2 amide bonds. The second-order valence-electron chi connectivity index (χ2n) is 5.18. The Morgan fingerprint density at radius 3 is 1.96 bits per heavy atom. The first kappa shape index (κ1) is 20.8. The second kappa shape index (κ2) is 9.74. The number of aliphatic carboxylic acids is 1. The molecule has 0 unspecified atom stereocenters. The molecule has 10 heteroatoms. The molecule has 23 heavy (non-hydrogen) atoms. The van der Waals surface area contributed by atoms with Gasteiger partial charge >= 0.3 is 11.9 Å². The molecule has 132 valence electrons. The number of hydrogen-bond donors (Lipinski definition) is 5. The van der Waals surface area contributed by atoms with E-state index in [4.69, 9.17) is 20.7 Å². The van der Waals surface area contributed by atoms with Gasteiger partial charge in [0.1, 0.15) is 6.04 Å². The summed E-state index contributed by atoms with van der Waals surface area (Å²) in [5.74, 6) is -3.87. The monoisotopic (exact) mass is 333 g/mol. The molecule has 0 saturated heterocycles. The van der Waals surface area contributed by atoms with E-state index in [1.807, 2.05) is 0 Å². The maximum absolute atomic E-state index is 12.0. The molecule has 0 aliphatic rings. The molecule has 0 fully saturated rings. The molecule has 0 saturated carbocycles. The third-order valence-corrected chi connectivity index (χ3v) is 2.56. The number of nitrogens with two attached hydrogens (primary N) is 1. The summed E-state index contributed by atoms with van der Waals surface area (Å²) in [4.78, 5) is 46.0. The lowest BCUT2D eigenvalue weighted by Gasteiger charge is -2.22. The van der Waals surface area contributed by atoms with E-state index < -0.39 is 61.0 Å². The number of aliphatic hydroxyl groups is 1. The maximum atomic E-state index is 12.0. The number of hydrogen-bond acceptors (Lipinski definition) is 7. The van der Waals surface area contributed by atoms with Crippen LogP contribution in [0.15, 0.2) is 0 Å². The number of rotatable bonds is 9. The third kappa shape index (κ3) is 8.12. The highest BCUT2D eigenvalue weighted by molar-refractivity contribution is 5.94. The predicted octanol–water partition coefficient (Wildman–Crippen LogP) is -2.28. The average molecular weight is 333 g/mol. The molecule has 6 N–H and O–H groups in total. The van der Waals surface area contributed by atoms with Gasteiger partial charge in [-0.05, 0) is 20.8 Å². The fraction of sp³-hybridized carbons (Fsp3) is 0.692. The van der Waals surface area contributed by atoms with E-state index in [0.717, 1.165) is 0 Å². The van der Waals surface area contributed by atoms with Crippen molar-refractivity contribution in [1.82, 2.24) is 10.6 Å². The number of nitrogens with one attached hydrogen (secondary N) is 2. The molecular formula is C13H23N3O7. The maximum Gasteiger partial charge on any atom is 0.331 e. The van der Waals surface area contributed by atoms with E-state index in [2.05, 4.69) is 10.6 Å². The van der Waals surface area contributed by atoms with Crippen molar-refractivity contribution in [3.05, 3.63) is 0 Å². The average Bonchev–Trinajstić information content (AvgIpc) is 2.41. The minimum absolute atomic E-state index is 0.457. The van der Waals surface area contributed by atoms with Gasteiger partial charge in [-0.15, -0.1) is 0 Å². The molecule has 0 rings (SSSR count). The Kier molecular flexibility index (Phi) is 8.81. The van der Waals surface area contributed by atoms with E-state index >= 15 is 0 Å². The Morgan fingerprint density at radius 2 is 1.57 bits per heavy atom. The van der Waals surface area contributed by atoms with Crippen LogP contribution in [-0.4, -0.2) is 64.8 Å². The molecule has 0 aliphatic carbocycles. The van der Waals surface area contributed by atoms with Gasteiger partial charge in [-0.1, -0.05) is 0 Å². The molecule has 3 atom stereocenters. The van der Waals surface area contributed by atoms with Crippen LogP contribution >= 0.6 is 0 Å². The molecule has 0 aromatic heterocycles. The van der Waals surface area contributed by atoms with Crippen LogP contribution in [0.5, 0.6) is 0 Å². The summed E-state index contributed by atoms with van der Waals surface area (Å²) in [5, 5.41) is 22.3. The van der Waals surface area contributed by atoms with Crippen LogP contribution in [0.2, 0.25) is 0 Å². The minimum Gasteiger partial charge on any atom is -0.481 e. The van der Waals surface area contributed by atoms with Crippen LogP contribution < -0.4 is 16.4 Å². The van der Waals surface area contributed by atoms with E-state index in [1.54, 1.807) is 13.8 Å². The predicted molar refractivity (Wildman–Crippen MR) is 78.1 cm³/mol. The lowest BCUT2D eigenvalue weighted by Crippen LogP contribution is -2.55. The Bertz CT molecular complexity index is 451. The Labute approximate surface area is 133 Å². The molecule has 0 aliphatic heterocycles. The van der Waals surface area contributed by atoms with Crippen LogP contribution in [0.25, 0.3) is 0 Å². The van der Waals surface area contributed by atoms with Crippen molar-refractivity contribution in [1.29, 1.82) is 0 Å². The number of ether oxygens (including phenoxy) is 1. The Balaban J connectivity index is 4.95. The lowest BCUT2D eigenvalue weighted by molar-refractivity contribution is -0.152. The first-order valence-electron chi connectivity index (χ1n) is 6.97. The van der Waals surface area contributed by atoms with Crippen LogP contribution in [0.3, 0.4) is 0 Å². The van der Waals surface area contributed by atoms with Gasteiger partial charge in [0.25, 0.3) is 0 Å². The first-order chi connectivity index (χ1) is 10.6. The topological polar surface area (TPSA) is 168 Å². The SMILES string of the molecule is CC(C)OC(=O)[C@@H](CO)NC(=O)[C@H](CC(=O)O)NC(=O)[C@@H](C)N. The zero-order chi connectivity index (χ0) is 18.2. The number of amides is 2. The van der Waals surface area contributed by atoms with E-state index in [9.17, 15) is 19.2 Å². The van der Waals surface area contributed by atoms with Crippen molar-refractivity contribution >= 4 is 23.8 Å². The van der Waals surface area contributed by atoms with Gasteiger partial charge in [-0.25, -0.2) is 4.79 Å². The molecule has 0 radical (unpaired) electrons. The van der Waals surface area contributed by atoms with Crippen molar-refractivity contribution in [3.63, 3.8) is 0 Å². The van der Waals surface area contributed by atoms with E-state index in [1.165, 1.54) is 6.92 Å². The number of aliphatic hydroxyl groups excluding tert-OH is 1. The minimum atomic E-state index is -1.44. The molecule has 10 nitrogen and oxygen atoms in total. The smallest absolute Gasteiger partial charge is 0.331 e. The van der Waals surface area contributed by atoms with Gasteiger partial charge in [0.15, 0.2) is 6.04 Å². The van der Waals surface area contributed by atoms with Crippen molar-refractivity contribution in [2.75, 3.05) is 6.61 Å². The quantitative estimate of drug-likeness (QED) is 0.294. The van der Waals surface area contributed by atoms with Gasteiger partial charge in [0, 0.05) is 0 Å². The van der Waals surface area contributed by atoms with Crippen molar-refractivity contribution in [3.8, 4) is 0 Å². The summed E-state index contributed by atoms with van der Waals surface area (Å²) in [6.45, 7) is 3.80. The highest BCUT2D eigenvalue weighted by Crippen LogP contribution is 1.99. The number of carbonyl (C=O) groups is 4. The first-order valence-corrected chi connectivity index (χ1v) is 6.97. The van der Waals surface area contributed by atoms with Crippen LogP contribution in [0, 0.1) is 0 Å². The lowest BCUT2D eigenvalue weighted by atomic mass is 10.1. The van der Waals surface area contributed by atoms with Gasteiger partial charge in [0.05, 0.1) is 25.2 Å². The summed E-state index contributed by atoms with van der Waals surface area (Å²) >= 11 is 0. The molecule has 0 aromatic rings. The number of esters is 1. The van der Waals surface area contributed by atoms with Crippen molar-refractivity contribution < 1.29 is 34.1 Å². The zero-order valence-electron chi connectivity index (χ0n) is 13.2. The Morgan fingerprint density at radius 1 is 1.04 bits per heavy atom. The second-order valence-corrected chi connectivity index (χ2v) is 5.18. The van der Waals surface area contributed by atoms with Crippen molar-refractivity contribution in [2.45, 2.75) is 51.4 Å². The number of carboxylic acid groups (broad SMARTS) is 1. The van der Waals surface area contributed by atoms with Crippen LogP contribution in [0.1, 0.15) is 27.2 Å². The largest absolute Gasteiger partial charge is 0.481 e. The summed E-state index contributed by atoms with van der Waals surface area (Å²) in [6.07, 6.45) is -1.16. The molecule has 0 aromatic carbocycles. The fourth-order valence-electron chi connectivity index (χ4n) is 1.45. The van der Waals surface area contributed by atoms with Gasteiger partial charge < -0.3 is 31.3 Å². The number of carbonyl (C=O) groups excluding carboxylic acids is 3. The summed E-state index contributed by atoms with van der Waals surface area (Å²) in [5.41, 5.74) is 5.34. The molecule has 0 heterocycles. The van der Waals surface area contributed by atoms with Gasteiger partial charge in [-0.2, -0.15) is 0 Å². The highest BCUT2D eigenvalue weighted by Gasteiger charge is 2.29. The van der Waals surface area contributed by atoms with Crippen LogP contribution in [0.4, 0.5) is 0 Å². The summed E-state index contributed by atoms with van der Waals surface area (Å²) in [6, 6.07) is -3.75. The van der Waals surface area contributed by atoms with Gasteiger partial charge in [-0.3, -0.25) is 14.4 Å². The van der Waals surface area contributed by atoms with E-state index in [-0.39, 0.29) is 0 Å². The highest BCUT2D eigenvalue weighted by atomic mass is 16.5. The standard InChI is InChI=1S/C13H23N3O7/c1-6(2)23-13(22)9(5-17)16-12(21)8(4-10(18)19)15-11(20)7(3)14/h6-9,17H,4-5,14H2,1-3H3,(H,15,20)(H,16,21)(H,18,19)/t7-,8+,9-/m1/s1. The van der Waals surface area contributed by atoms with E-state index in [0.29, 0.717) is 0 Å². The normalized spacial score (nSPS) is 14.5. The third-order valence-electron chi connectivity index (χ3n) is 2.56. The summed E-state index contributed by atoms with van der Waals surface area (Å²) in [7, 11) is 0. The molecule has 0 bridgehead atoms. The Hall–Kier alpha value is -2.20. The molecule has 0 spiro atoms. The van der Waals surface area contributed by atoms with Gasteiger partial charge in [0.2, 0.25) is 11.8 Å². The summed E-state index contributed by atoms with van der Waals surface area (Å²) < 4.78 is 4.85. The fourth-order valence-corrected chi connectivity index (χ4v) is 1.45. The van der Waals surface area contributed by atoms with Crippen molar-refractivity contribution in [2.24, 2.45) is 5.73 Å². The zero-order valence-corrected chi connectivity index (χ0v) is 13.2. The molecular weight excluding hydrogens is 310 g/mol. The van der Waals surface area contributed by atoms with Crippen LogP contribution in [-0.2, 0) is 23.9 Å².